The summed E-state index contributed by atoms with van der Waals surface area (Å²) in [5, 5.41) is 10.7. The topological polar surface area (TPSA) is 37.3 Å². The quantitative estimate of drug-likeness (QED) is 0.551. The predicted octanol–water partition coefficient (Wildman–Crippen LogP) is 6.70. The van der Waals surface area contributed by atoms with Crippen molar-refractivity contribution in [3.63, 3.8) is 0 Å². The maximum Gasteiger partial charge on any atom is 0.345 e. The van der Waals surface area contributed by atoms with Gasteiger partial charge in [0.05, 0.1) is 0 Å². The molecule has 1 heterocycles. The number of aryl methyl sites for hydroxylation is 2. The highest BCUT2D eigenvalue weighted by atomic mass is 35.5. The normalized spacial score (nSPS) is 10.8. The molecule has 24 heavy (non-hydrogen) atoms. The van der Waals surface area contributed by atoms with E-state index in [-0.39, 0.29) is 0 Å². The molecule has 3 rings (SSSR count). The van der Waals surface area contributed by atoms with E-state index in [0.29, 0.717) is 14.9 Å². The number of benzene rings is 2. The van der Waals surface area contributed by atoms with Gasteiger partial charge in [-0.3, -0.25) is 0 Å². The van der Waals surface area contributed by atoms with Crippen LogP contribution >= 0.6 is 34.5 Å². The Labute approximate surface area is 154 Å². The van der Waals surface area contributed by atoms with Crippen molar-refractivity contribution >= 4 is 40.5 Å². The van der Waals surface area contributed by atoms with Gasteiger partial charge in [0.15, 0.2) is 0 Å². The molecule has 0 saturated heterocycles. The Morgan fingerprint density at radius 3 is 1.92 bits per heavy atom. The minimum Gasteiger partial charge on any atom is -0.477 e. The highest BCUT2D eigenvalue weighted by molar-refractivity contribution is 7.18. The first-order valence-electron chi connectivity index (χ1n) is 7.27. The predicted molar refractivity (Wildman–Crippen MR) is 102 cm³/mol. The molecule has 122 valence electrons. The van der Waals surface area contributed by atoms with E-state index in [9.17, 15) is 9.90 Å². The minimum atomic E-state index is -0.925. The van der Waals surface area contributed by atoms with Gasteiger partial charge < -0.3 is 5.11 Å². The van der Waals surface area contributed by atoms with Crippen LogP contribution in [0.3, 0.4) is 0 Å². The molecular formula is C19H14Cl2O2S. The first kappa shape index (κ1) is 17.0. The van der Waals surface area contributed by atoms with Crippen molar-refractivity contribution in [2.45, 2.75) is 13.8 Å². The van der Waals surface area contributed by atoms with E-state index < -0.39 is 5.97 Å². The summed E-state index contributed by atoms with van der Waals surface area (Å²) in [5.74, 6) is -0.925. The fraction of sp³-hybridized carbons (Fsp3) is 0.105. The molecular weight excluding hydrogens is 363 g/mol. The number of hydrogen-bond donors (Lipinski definition) is 1. The summed E-state index contributed by atoms with van der Waals surface area (Å²) in [4.78, 5) is 12.7. The molecule has 0 radical (unpaired) electrons. The molecule has 0 atom stereocenters. The number of carbonyl (C=O) groups is 1. The van der Waals surface area contributed by atoms with Gasteiger partial charge in [0.25, 0.3) is 0 Å². The van der Waals surface area contributed by atoms with Crippen LogP contribution in [-0.4, -0.2) is 11.1 Å². The van der Waals surface area contributed by atoms with E-state index in [0.717, 1.165) is 32.7 Å². The number of aromatic carboxylic acids is 1. The average Bonchev–Trinajstić information content (AvgIpc) is 2.92. The van der Waals surface area contributed by atoms with Crippen LogP contribution in [0.15, 0.2) is 42.5 Å². The lowest BCUT2D eigenvalue weighted by Crippen LogP contribution is -1.90. The SMILES string of the molecule is Cc1cc(Cl)ccc1-c1cc(C(=O)O)sc1-c1ccc(Cl)cc1C. The van der Waals surface area contributed by atoms with Gasteiger partial charge in [-0.1, -0.05) is 35.3 Å². The van der Waals surface area contributed by atoms with Crippen LogP contribution in [0.2, 0.25) is 10.0 Å². The van der Waals surface area contributed by atoms with Gasteiger partial charge in [0.2, 0.25) is 0 Å². The van der Waals surface area contributed by atoms with Crippen LogP contribution in [-0.2, 0) is 0 Å². The lowest BCUT2D eigenvalue weighted by atomic mass is 9.96. The van der Waals surface area contributed by atoms with E-state index in [4.69, 9.17) is 23.2 Å². The highest BCUT2D eigenvalue weighted by Gasteiger charge is 2.19. The lowest BCUT2D eigenvalue weighted by Gasteiger charge is -2.10. The van der Waals surface area contributed by atoms with E-state index in [1.54, 1.807) is 6.07 Å². The first-order valence-corrected chi connectivity index (χ1v) is 8.84. The third kappa shape index (κ3) is 3.20. The Morgan fingerprint density at radius 1 is 0.875 bits per heavy atom. The largest absolute Gasteiger partial charge is 0.477 e. The van der Waals surface area contributed by atoms with Crippen LogP contribution in [0.4, 0.5) is 0 Å². The second-order valence-electron chi connectivity index (χ2n) is 5.58. The number of carboxylic acids is 1. The molecule has 0 spiro atoms. The van der Waals surface area contributed by atoms with E-state index in [1.807, 2.05) is 50.2 Å². The third-order valence-electron chi connectivity index (χ3n) is 3.85. The molecule has 2 aromatic carbocycles. The van der Waals surface area contributed by atoms with Crippen molar-refractivity contribution < 1.29 is 9.90 Å². The Hall–Kier alpha value is -1.81. The third-order valence-corrected chi connectivity index (χ3v) is 5.48. The second kappa shape index (κ2) is 6.60. The Balaban J connectivity index is 2.27. The molecule has 5 heteroatoms. The molecule has 0 amide bonds. The number of hydrogen-bond acceptors (Lipinski definition) is 2. The fourth-order valence-electron chi connectivity index (χ4n) is 2.71. The summed E-state index contributed by atoms with van der Waals surface area (Å²) in [6.45, 7) is 3.94. The summed E-state index contributed by atoms with van der Waals surface area (Å²) in [7, 11) is 0. The second-order valence-corrected chi connectivity index (χ2v) is 7.50. The van der Waals surface area contributed by atoms with Gasteiger partial charge in [0.1, 0.15) is 4.88 Å². The molecule has 0 aliphatic rings. The minimum absolute atomic E-state index is 0.309. The number of carboxylic acid groups (broad SMARTS) is 1. The van der Waals surface area contributed by atoms with Crippen molar-refractivity contribution in [3.8, 4) is 21.6 Å². The Kier molecular flexibility index (Phi) is 4.68. The van der Waals surface area contributed by atoms with Gasteiger partial charge >= 0.3 is 5.97 Å². The first-order chi connectivity index (χ1) is 11.4. The molecule has 1 aromatic heterocycles. The lowest BCUT2D eigenvalue weighted by molar-refractivity contribution is 0.0702. The summed E-state index contributed by atoms with van der Waals surface area (Å²) >= 11 is 13.4. The van der Waals surface area contributed by atoms with Crippen LogP contribution in [0.5, 0.6) is 0 Å². The molecule has 0 aliphatic carbocycles. The number of thiophene rings is 1. The fourth-order valence-corrected chi connectivity index (χ4v) is 4.26. The maximum absolute atomic E-state index is 11.5. The Morgan fingerprint density at radius 2 is 1.42 bits per heavy atom. The van der Waals surface area contributed by atoms with E-state index in [2.05, 4.69) is 0 Å². The van der Waals surface area contributed by atoms with Crippen LogP contribution in [0.25, 0.3) is 21.6 Å². The monoisotopic (exact) mass is 376 g/mol. The van der Waals surface area contributed by atoms with Crippen LogP contribution in [0, 0.1) is 13.8 Å². The van der Waals surface area contributed by atoms with Gasteiger partial charge in [-0.15, -0.1) is 11.3 Å². The van der Waals surface area contributed by atoms with E-state index in [1.165, 1.54) is 11.3 Å². The summed E-state index contributed by atoms with van der Waals surface area (Å²) < 4.78 is 0. The van der Waals surface area contributed by atoms with Crippen molar-refractivity contribution in [1.82, 2.24) is 0 Å². The molecule has 0 fully saturated rings. The van der Waals surface area contributed by atoms with Gasteiger partial charge in [0, 0.05) is 20.5 Å². The molecule has 1 N–H and O–H groups in total. The Bertz CT molecular complexity index is 876. The molecule has 2 nitrogen and oxygen atoms in total. The van der Waals surface area contributed by atoms with Crippen molar-refractivity contribution in [2.75, 3.05) is 0 Å². The van der Waals surface area contributed by atoms with Crippen molar-refractivity contribution in [1.29, 1.82) is 0 Å². The standard InChI is InChI=1S/C19H14Cl2O2S/c1-10-7-12(20)3-5-14(10)16-9-17(19(22)23)24-18(16)15-6-4-13(21)8-11(15)2/h3-9H,1-2H3,(H,22,23). The maximum atomic E-state index is 11.5. The molecule has 0 bridgehead atoms. The summed E-state index contributed by atoms with van der Waals surface area (Å²) in [6.07, 6.45) is 0. The summed E-state index contributed by atoms with van der Waals surface area (Å²) in [5.41, 5.74) is 4.88. The van der Waals surface area contributed by atoms with Crippen LogP contribution in [0.1, 0.15) is 20.8 Å². The zero-order valence-electron chi connectivity index (χ0n) is 13.1. The average molecular weight is 377 g/mol. The molecule has 0 unspecified atom stereocenters. The number of rotatable bonds is 3. The molecule has 0 saturated carbocycles. The highest BCUT2D eigenvalue weighted by Crippen LogP contribution is 2.42. The smallest absolute Gasteiger partial charge is 0.345 e. The zero-order chi connectivity index (χ0) is 17.4. The van der Waals surface area contributed by atoms with Gasteiger partial charge in [-0.05, 0) is 66.4 Å². The van der Waals surface area contributed by atoms with Crippen LogP contribution < -0.4 is 0 Å². The van der Waals surface area contributed by atoms with Crippen molar-refractivity contribution in [2.24, 2.45) is 0 Å². The zero-order valence-corrected chi connectivity index (χ0v) is 15.4. The van der Waals surface area contributed by atoms with Crippen molar-refractivity contribution in [3.05, 3.63) is 68.5 Å². The molecule has 3 aromatic rings. The van der Waals surface area contributed by atoms with E-state index >= 15 is 0 Å². The number of halogens is 2. The van der Waals surface area contributed by atoms with Gasteiger partial charge in [-0.2, -0.15) is 0 Å². The summed E-state index contributed by atoms with van der Waals surface area (Å²) in [6, 6.07) is 13.0. The van der Waals surface area contributed by atoms with Gasteiger partial charge in [-0.25, -0.2) is 4.79 Å². The molecule has 0 aliphatic heterocycles.